The van der Waals surface area contributed by atoms with Gasteiger partial charge in [0.25, 0.3) is 0 Å². The summed E-state index contributed by atoms with van der Waals surface area (Å²) >= 11 is 5.83. The maximum Gasteiger partial charge on any atom is 0.0634 e. The van der Waals surface area contributed by atoms with Crippen LogP contribution in [0.15, 0.2) is 0 Å². The summed E-state index contributed by atoms with van der Waals surface area (Å²) in [7, 11) is 0. The summed E-state index contributed by atoms with van der Waals surface area (Å²) in [5.41, 5.74) is 0. The van der Waals surface area contributed by atoms with Gasteiger partial charge in [-0.2, -0.15) is 0 Å². The van der Waals surface area contributed by atoms with E-state index in [0.29, 0.717) is 11.9 Å². The Morgan fingerprint density at radius 1 is 1.62 bits per heavy atom. The lowest BCUT2D eigenvalue weighted by Crippen LogP contribution is -2.47. The molecule has 1 aliphatic heterocycles. The second kappa shape index (κ2) is 6.60. The van der Waals surface area contributed by atoms with E-state index in [1.807, 2.05) is 6.92 Å². The van der Waals surface area contributed by atoms with E-state index in [-0.39, 0.29) is 0 Å². The van der Waals surface area contributed by atoms with Crippen molar-refractivity contribution >= 4 is 11.6 Å². The van der Waals surface area contributed by atoms with E-state index >= 15 is 0 Å². The van der Waals surface area contributed by atoms with Crippen molar-refractivity contribution < 1.29 is 9.47 Å². The third-order valence-electron chi connectivity index (χ3n) is 2.25. The van der Waals surface area contributed by atoms with Crippen LogP contribution in [-0.2, 0) is 9.47 Å². The Morgan fingerprint density at radius 2 is 2.46 bits per heavy atom. The molecule has 0 aliphatic carbocycles. The molecule has 0 saturated carbocycles. The molecule has 3 nitrogen and oxygen atoms in total. The average Bonchev–Trinajstić information content (AvgIpc) is 2.19. The fourth-order valence-electron chi connectivity index (χ4n) is 1.45. The first-order chi connectivity index (χ1) is 6.38. The van der Waals surface area contributed by atoms with Gasteiger partial charge < -0.3 is 9.47 Å². The summed E-state index contributed by atoms with van der Waals surface area (Å²) in [4.78, 5) is 2.34. The van der Waals surface area contributed by atoms with Gasteiger partial charge in [-0.05, 0) is 6.92 Å². The molecular weight excluding hydrogens is 190 g/mol. The van der Waals surface area contributed by atoms with E-state index in [4.69, 9.17) is 21.1 Å². The molecule has 0 aromatic rings. The first kappa shape index (κ1) is 11.2. The SMILES string of the molecule is CCOCCN1CCOCC1CCl. The minimum absolute atomic E-state index is 0.371. The van der Waals surface area contributed by atoms with E-state index in [9.17, 15) is 0 Å². The first-order valence-corrected chi connectivity index (χ1v) is 5.37. The maximum absolute atomic E-state index is 5.83. The zero-order chi connectivity index (χ0) is 9.52. The molecule has 1 saturated heterocycles. The molecule has 78 valence electrons. The number of hydrogen-bond donors (Lipinski definition) is 0. The molecule has 1 heterocycles. The zero-order valence-corrected chi connectivity index (χ0v) is 8.92. The lowest BCUT2D eigenvalue weighted by molar-refractivity contribution is -0.0116. The number of rotatable bonds is 5. The van der Waals surface area contributed by atoms with Crippen molar-refractivity contribution in [1.29, 1.82) is 0 Å². The topological polar surface area (TPSA) is 21.7 Å². The summed E-state index contributed by atoms with van der Waals surface area (Å²) in [6.07, 6.45) is 0. The van der Waals surface area contributed by atoms with Crippen molar-refractivity contribution in [2.24, 2.45) is 0 Å². The quantitative estimate of drug-likeness (QED) is 0.495. The van der Waals surface area contributed by atoms with Gasteiger partial charge in [0.1, 0.15) is 0 Å². The van der Waals surface area contributed by atoms with Gasteiger partial charge in [0.2, 0.25) is 0 Å². The van der Waals surface area contributed by atoms with E-state index in [1.54, 1.807) is 0 Å². The van der Waals surface area contributed by atoms with E-state index in [1.165, 1.54) is 0 Å². The molecule has 0 spiro atoms. The van der Waals surface area contributed by atoms with Crippen LogP contribution in [0.1, 0.15) is 6.92 Å². The predicted octanol–water partition coefficient (Wildman–Crippen LogP) is 0.962. The predicted molar refractivity (Wildman–Crippen MR) is 53.4 cm³/mol. The minimum Gasteiger partial charge on any atom is -0.380 e. The van der Waals surface area contributed by atoms with Gasteiger partial charge in [-0.1, -0.05) is 0 Å². The number of alkyl halides is 1. The number of ether oxygens (including phenoxy) is 2. The number of halogens is 1. The Hall–Kier alpha value is 0.170. The highest BCUT2D eigenvalue weighted by Crippen LogP contribution is 2.07. The number of nitrogens with zero attached hydrogens (tertiary/aromatic N) is 1. The highest BCUT2D eigenvalue weighted by Gasteiger charge is 2.21. The average molecular weight is 208 g/mol. The van der Waals surface area contributed by atoms with Crippen molar-refractivity contribution in [2.75, 3.05) is 45.4 Å². The van der Waals surface area contributed by atoms with Crippen LogP contribution in [0.2, 0.25) is 0 Å². The van der Waals surface area contributed by atoms with Crippen molar-refractivity contribution in [2.45, 2.75) is 13.0 Å². The van der Waals surface area contributed by atoms with Gasteiger partial charge in [0.15, 0.2) is 0 Å². The Morgan fingerprint density at radius 3 is 3.15 bits per heavy atom. The molecule has 0 aromatic carbocycles. The molecule has 0 aromatic heterocycles. The standard InChI is InChI=1S/C9H18ClNO2/c1-2-12-5-3-11-4-6-13-8-9(11)7-10/h9H,2-8H2,1H3. The highest BCUT2D eigenvalue weighted by atomic mass is 35.5. The maximum atomic E-state index is 5.83. The molecule has 1 atom stereocenters. The Bertz CT molecular complexity index is 135. The van der Waals surface area contributed by atoms with Crippen LogP contribution in [0, 0.1) is 0 Å². The second-order valence-electron chi connectivity index (χ2n) is 3.12. The lowest BCUT2D eigenvalue weighted by Gasteiger charge is -2.34. The first-order valence-electron chi connectivity index (χ1n) is 4.84. The summed E-state index contributed by atoms with van der Waals surface area (Å²) < 4.78 is 10.6. The zero-order valence-electron chi connectivity index (χ0n) is 8.17. The van der Waals surface area contributed by atoms with Crippen LogP contribution in [0.5, 0.6) is 0 Å². The summed E-state index contributed by atoms with van der Waals surface area (Å²) in [5, 5.41) is 0. The van der Waals surface area contributed by atoms with Gasteiger partial charge in [-0.25, -0.2) is 0 Å². The smallest absolute Gasteiger partial charge is 0.0634 e. The minimum atomic E-state index is 0.371. The molecule has 1 unspecified atom stereocenters. The molecule has 0 N–H and O–H groups in total. The fourth-order valence-corrected chi connectivity index (χ4v) is 1.74. The van der Waals surface area contributed by atoms with Gasteiger partial charge in [0.05, 0.1) is 19.8 Å². The van der Waals surface area contributed by atoms with E-state index < -0.39 is 0 Å². The Balaban J connectivity index is 2.19. The normalized spacial score (nSPS) is 24.9. The molecule has 0 bridgehead atoms. The van der Waals surface area contributed by atoms with Crippen molar-refractivity contribution in [1.82, 2.24) is 4.90 Å². The molecular formula is C9H18ClNO2. The van der Waals surface area contributed by atoms with E-state index in [0.717, 1.165) is 39.5 Å². The summed E-state index contributed by atoms with van der Waals surface area (Å²) in [6.45, 7) is 7.12. The summed E-state index contributed by atoms with van der Waals surface area (Å²) in [6, 6.07) is 0.371. The lowest BCUT2D eigenvalue weighted by atomic mass is 10.2. The van der Waals surface area contributed by atoms with Crippen LogP contribution < -0.4 is 0 Å². The van der Waals surface area contributed by atoms with E-state index in [2.05, 4.69) is 4.90 Å². The fraction of sp³-hybridized carbons (Fsp3) is 1.00. The van der Waals surface area contributed by atoms with Gasteiger partial charge >= 0.3 is 0 Å². The molecule has 1 rings (SSSR count). The molecule has 1 aliphatic rings. The van der Waals surface area contributed by atoms with Crippen molar-refractivity contribution in [3.63, 3.8) is 0 Å². The molecule has 13 heavy (non-hydrogen) atoms. The van der Waals surface area contributed by atoms with Crippen LogP contribution in [-0.4, -0.2) is 56.3 Å². The van der Waals surface area contributed by atoms with Crippen molar-refractivity contribution in [3.05, 3.63) is 0 Å². The highest BCUT2D eigenvalue weighted by molar-refractivity contribution is 6.18. The third-order valence-corrected chi connectivity index (χ3v) is 2.61. The molecule has 1 fully saturated rings. The Labute approximate surface area is 84.9 Å². The second-order valence-corrected chi connectivity index (χ2v) is 3.42. The van der Waals surface area contributed by atoms with Gasteiger partial charge in [-0.15, -0.1) is 11.6 Å². The molecule has 0 amide bonds. The van der Waals surface area contributed by atoms with Crippen LogP contribution in [0.3, 0.4) is 0 Å². The van der Waals surface area contributed by atoms with Crippen LogP contribution in [0.25, 0.3) is 0 Å². The van der Waals surface area contributed by atoms with Crippen molar-refractivity contribution in [3.8, 4) is 0 Å². The van der Waals surface area contributed by atoms with Gasteiger partial charge in [0, 0.05) is 31.6 Å². The number of morpholine rings is 1. The molecule has 0 radical (unpaired) electrons. The number of hydrogen-bond acceptors (Lipinski definition) is 3. The summed E-state index contributed by atoms with van der Waals surface area (Å²) in [5.74, 6) is 0.645. The van der Waals surface area contributed by atoms with Crippen LogP contribution >= 0.6 is 11.6 Å². The largest absolute Gasteiger partial charge is 0.380 e. The third kappa shape index (κ3) is 3.81. The van der Waals surface area contributed by atoms with Crippen LogP contribution in [0.4, 0.5) is 0 Å². The monoisotopic (exact) mass is 207 g/mol. The Kier molecular flexibility index (Phi) is 5.71. The van der Waals surface area contributed by atoms with Gasteiger partial charge in [-0.3, -0.25) is 4.90 Å². The molecule has 4 heteroatoms.